The van der Waals surface area contributed by atoms with Gasteiger partial charge in [0.1, 0.15) is 6.10 Å². The molecule has 9 heteroatoms. The molecule has 0 aromatic heterocycles. The van der Waals surface area contributed by atoms with Crippen molar-refractivity contribution in [1.29, 1.82) is 0 Å². The molecule has 7 nitrogen and oxygen atoms in total. The molecule has 0 radical (unpaired) electrons. The Hall–Kier alpha value is -2.20. The highest BCUT2D eigenvalue weighted by Gasteiger charge is 2.09. The molecule has 1 unspecified atom stereocenters. The number of carbonyl (C=O) groups excluding carboxylic acids is 1. The number of nitrogens with zero attached hydrogens (tertiary/aromatic N) is 1. The molecular weight excluding hydrogens is 519 g/mol. The van der Waals surface area contributed by atoms with Crippen LogP contribution in [0.3, 0.4) is 0 Å². The van der Waals surface area contributed by atoms with Gasteiger partial charge in [-0.2, -0.15) is 0 Å². The van der Waals surface area contributed by atoms with E-state index in [9.17, 15) is 4.79 Å². The van der Waals surface area contributed by atoms with Gasteiger partial charge < -0.3 is 25.4 Å². The Labute approximate surface area is 199 Å². The quantitative estimate of drug-likeness (QED) is 0.195. The van der Waals surface area contributed by atoms with Crippen LogP contribution in [0.5, 0.6) is 11.5 Å². The fourth-order valence-corrected chi connectivity index (χ4v) is 2.62. The molecule has 164 valence electrons. The summed E-state index contributed by atoms with van der Waals surface area (Å²) in [6, 6.07) is 14.3. The number of para-hydroxylation sites is 2. The molecular formula is C21H28ClIN4O3. The maximum atomic E-state index is 12.1. The summed E-state index contributed by atoms with van der Waals surface area (Å²) in [5.74, 6) is 1.86. The number of ether oxygens (including phenoxy) is 2. The average molecular weight is 547 g/mol. The standard InChI is InChI=1S/C21H27ClN4O3.HI/c1-15(29-19-7-5-4-6-18(19)28-3)14-26-21(23-2)25-13-12-24-20(27)16-8-10-17(22)11-9-16;/h4-11,15H,12-14H2,1-3H3,(H,24,27)(H2,23,25,26);1H. The van der Waals surface area contributed by atoms with E-state index in [-0.39, 0.29) is 36.0 Å². The number of hydrogen-bond acceptors (Lipinski definition) is 4. The summed E-state index contributed by atoms with van der Waals surface area (Å²) in [6.07, 6.45) is -0.102. The second-order valence-electron chi connectivity index (χ2n) is 6.22. The third kappa shape index (κ3) is 8.66. The molecule has 1 atom stereocenters. The summed E-state index contributed by atoms with van der Waals surface area (Å²) < 4.78 is 11.2. The van der Waals surface area contributed by atoms with Crippen LogP contribution in [-0.2, 0) is 0 Å². The second-order valence-corrected chi connectivity index (χ2v) is 6.66. The Morgan fingerprint density at radius 1 is 1.03 bits per heavy atom. The highest BCUT2D eigenvalue weighted by atomic mass is 127. The lowest BCUT2D eigenvalue weighted by atomic mass is 10.2. The van der Waals surface area contributed by atoms with Crippen molar-refractivity contribution in [2.24, 2.45) is 4.99 Å². The first-order valence-corrected chi connectivity index (χ1v) is 9.69. The van der Waals surface area contributed by atoms with E-state index in [1.807, 2.05) is 31.2 Å². The van der Waals surface area contributed by atoms with Crippen molar-refractivity contribution in [1.82, 2.24) is 16.0 Å². The molecule has 2 aromatic carbocycles. The molecule has 3 N–H and O–H groups in total. The number of rotatable bonds is 9. The SMILES string of the molecule is CN=C(NCCNC(=O)c1ccc(Cl)cc1)NCC(C)Oc1ccccc1OC.I. The molecule has 0 heterocycles. The number of hydrogen-bond donors (Lipinski definition) is 3. The van der Waals surface area contributed by atoms with Crippen LogP contribution in [0.1, 0.15) is 17.3 Å². The van der Waals surface area contributed by atoms with Gasteiger partial charge in [0, 0.05) is 30.7 Å². The fraction of sp³-hybridized carbons (Fsp3) is 0.333. The Morgan fingerprint density at radius 2 is 1.67 bits per heavy atom. The van der Waals surface area contributed by atoms with Gasteiger partial charge in [-0.05, 0) is 43.3 Å². The number of carbonyl (C=O) groups is 1. The van der Waals surface area contributed by atoms with E-state index >= 15 is 0 Å². The Morgan fingerprint density at radius 3 is 2.30 bits per heavy atom. The Balaban J connectivity index is 0.00000450. The smallest absolute Gasteiger partial charge is 0.251 e. The zero-order valence-electron chi connectivity index (χ0n) is 17.3. The van der Waals surface area contributed by atoms with Gasteiger partial charge in [0.2, 0.25) is 0 Å². The first-order valence-electron chi connectivity index (χ1n) is 9.31. The summed E-state index contributed by atoms with van der Waals surface area (Å²) in [5.41, 5.74) is 0.569. The third-order valence-corrected chi connectivity index (χ3v) is 4.24. The minimum absolute atomic E-state index is 0. The molecule has 0 saturated carbocycles. The molecule has 0 spiro atoms. The molecule has 0 bridgehead atoms. The number of guanidine groups is 1. The topological polar surface area (TPSA) is 84.0 Å². The molecule has 0 aliphatic carbocycles. The van der Waals surface area contributed by atoms with Crippen molar-refractivity contribution in [3.63, 3.8) is 0 Å². The van der Waals surface area contributed by atoms with Crippen LogP contribution < -0.4 is 25.4 Å². The number of nitrogens with one attached hydrogen (secondary N) is 3. The van der Waals surface area contributed by atoms with Gasteiger partial charge in [0.25, 0.3) is 5.91 Å². The predicted octanol–water partition coefficient (Wildman–Crippen LogP) is 3.33. The van der Waals surface area contributed by atoms with E-state index in [1.165, 1.54) is 0 Å². The van der Waals surface area contributed by atoms with Crippen LogP contribution in [0.2, 0.25) is 5.02 Å². The first-order chi connectivity index (χ1) is 14.0. The lowest BCUT2D eigenvalue weighted by Crippen LogP contribution is -2.44. The van der Waals surface area contributed by atoms with Crippen LogP contribution in [0.25, 0.3) is 0 Å². The van der Waals surface area contributed by atoms with Crippen LogP contribution >= 0.6 is 35.6 Å². The molecule has 0 aliphatic heterocycles. The van der Waals surface area contributed by atoms with Gasteiger partial charge in [0.05, 0.1) is 13.7 Å². The molecule has 30 heavy (non-hydrogen) atoms. The van der Waals surface area contributed by atoms with Gasteiger partial charge in [-0.25, -0.2) is 0 Å². The van der Waals surface area contributed by atoms with E-state index in [1.54, 1.807) is 38.4 Å². The van der Waals surface area contributed by atoms with E-state index in [0.717, 1.165) is 0 Å². The van der Waals surface area contributed by atoms with Crippen molar-refractivity contribution in [3.8, 4) is 11.5 Å². The highest BCUT2D eigenvalue weighted by molar-refractivity contribution is 14.0. The first kappa shape index (κ1) is 25.8. The van der Waals surface area contributed by atoms with Crippen LogP contribution in [0.15, 0.2) is 53.5 Å². The summed E-state index contributed by atoms with van der Waals surface area (Å²) >= 11 is 5.83. The zero-order chi connectivity index (χ0) is 21.1. The van der Waals surface area contributed by atoms with E-state index in [4.69, 9.17) is 21.1 Å². The van der Waals surface area contributed by atoms with Crippen LogP contribution in [-0.4, -0.2) is 51.8 Å². The normalized spacial score (nSPS) is 11.7. The molecule has 2 aromatic rings. The highest BCUT2D eigenvalue weighted by Crippen LogP contribution is 2.26. The van der Waals surface area contributed by atoms with Crippen LogP contribution in [0.4, 0.5) is 0 Å². The average Bonchev–Trinajstić information content (AvgIpc) is 2.74. The third-order valence-electron chi connectivity index (χ3n) is 3.99. The molecule has 1 amide bonds. The van der Waals surface area contributed by atoms with E-state index in [2.05, 4.69) is 20.9 Å². The monoisotopic (exact) mass is 546 g/mol. The number of benzene rings is 2. The zero-order valence-corrected chi connectivity index (χ0v) is 20.4. The predicted molar refractivity (Wildman–Crippen MR) is 132 cm³/mol. The molecule has 0 aliphatic rings. The number of aliphatic imine (C=N–C) groups is 1. The summed E-state index contributed by atoms with van der Waals surface area (Å²) in [5, 5.41) is 9.79. The summed E-state index contributed by atoms with van der Waals surface area (Å²) in [7, 11) is 3.30. The van der Waals surface area contributed by atoms with Crippen molar-refractivity contribution in [2.75, 3.05) is 33.8 Å². The maximum absolute atomic E-state index is 12.1. The largest absolute Gasteiger partial charge is 0.493 e. The molecule has 0 fully saturated rings. The van der Waals surface area contributed by atoms with Gasteiger partial charge in [-0.3, -0.25) is 9.79 Å². The Kier molecular flexibility index (Phi) is 12.0. The minimum Gasteiger partial charge on any atom is -0.493 e. The van der Waals surface area contributed by atoms with Crippen molar-refractivity contribution in [3.05, 3.63) is 59.1 Å². The minimum atomic E-state index is -0.148. The molecule has 0 saturated heterocycles. The number of amides is 1. The lowest BCUT2D eigenvalue weighted by Gasteiger charge is -2.19. The van der Waals surface area contributed by atoms with Crippen LogP contribution in [0, 0.1) is 0 Å². The van der Waals surface area contributed by atoms with E-state index in [0.29, 0.717) is 47.7 Å². The van der Waals surface area contributed by atoms with Crippen molar-refractivity contribution in [2.45, 2.75) is 13.0 Å². The lowest BCUT2D eigenvalue weighted by molar-refractivity contribution is 0.0954. The van der Waals surface area contributed by atoms with Gasteiger partial charge in [-0.15, -0.1) is 24.0 Å². The fourth-order valence-electron chi connectivity index (χ4n) is 2.50. The Bertz CT molecular complexity index is 818. The van der Waals surface area contributed by atoms with Gasteiger partial charge in [-0.1, -0.05) is 23.7 Å². The second kappa shape index (κ2) is 13.9. The van der Waals surface area contributed by atoms with Gasteiger partial charge >= 0.3 is 0 Å². The van der Waals surface area contributed by atoms with Gasteiger partial charge in [0.15, 0.2) is 17.5 Å². The molecule has 2 rings (SSSR count). The summed E-state index contributed by atoms with van der Waals surface area (Å²) in [4.78, 5) is 16.2. The summed E-state index contributed by atoms with van der Waals surface area (Å²) in [6.45, 7) is 3.49. The van der Waals surface area contributed by atoms with Crippen molar-refractivity contribution < 1.29 is 14.3 Å². The number of methoxy groups -OCH3 is 1. The van der Waals surface area contributed by atoms with Crippen molar-refractivity contribution >= 4 is 47.4 Å². The van der Waals surface area contributed by atoms with E-state index < -0.39 is 0 Å². The maximum Gasteiger partial charge on any atom is 0.251 e. The number of halogens is 2.